The Morgan fingerprint density at radius 3 is 1.26 bits per heavy atom. The third-order valence-electron chi connectivity index (χ3n) is 14.3. The first-order chi connectivity index (χ1) is 34.7. The van der Waals surface area contributed by atoms with E-state index in [9.17, 15) is 0 Å². The molecule has 0 unspecified atom stereocenters. The van der Waals surface area contributed by atoms with Crippen LogP contribution in [0.2, 0.25) is 0 Å². The fourth-order valence-corrected chi connectivity index (χ4v) is 11.4. The average molecular weight is 893 g/mol. The largest absolute Gasteiger partial charge is 0.309 e. The molecule has 0 spiro atoms. The van der Waals surface area contributed by atoms with Gasteiger partial charge < -0.3 is 9.13 Å². The molecule has 9 aromatic carbocycles. The lowest BCUT2D eigenvalue weighted by Crippen LogP contribution is -2.00. The van der Waals surface area contributed by atoms with Gasteiger partial charge in [0.05, 0.1) is 55.5 Å². The number of fused-ring (bicyclic) bond motifs is 13. The summed E-state index contributed by atoms with van der Waals surface area (Å²) < 4.78 is 9.60. The molecule has 6 heteroatoms. The standard InChI is InChI=1S/C64H40N6/c1-3-18-41(19-4-1)52-28-16-34-61(65-52)69-57-33-14-10-27-49(57)63-58(69)37-36-48-45-24-7-12-31-55(45)68(64(48)63)44-23-15-22-43(38-44)67-54-30-11-8-25-46(54)50-40-60-51(39-59(50)67)47-26-9-13-32-56(47)70(60)62-35-17-29-53(66-62)42-20-5-2-6-21-42/h1-40H. The summed E-state index contributed by atoms with van der Waals surface area (Å²) in [7, 11) is 0. The number of hydrogen-bond donors (Lipinski definition) is 0. The van der Waals surface area contributed by atoms with E-state index in [0.717, 1.165) is 84.1 Å². The Labute approximate surface area is 401 Å². The average Bonchev–Trinajstić information content (AvgIpc) is 4.15. The molecule has 15 rings (SSSR count). The summed E-state index contributed by atoms with van der Waals surface area (Å²) in [5, 5.41) is 9.56. The predicted molar refractivity (Wildman–Crippen MR) is 290 cm³/mol. The third kappa shape index (κ3) is 5.62. The van der Waals surface area contributed by atoms with Gasteiger partial charge in [-0.1, -0.05) is 158 Å². The topological polar surface area (TPSA) is 45.5 Å². The second kappa shape index (κ2) is 15.0. The molecule has 0 fully saturated rings. The number of nitrogens with zero attached hydrogens (tertiary/aromatic N) is 6. The third-order valence-corrected chi connectivity index (χ3v) is 14.3. The van der Waals surface area contributed by atoms with Crippen LogP contribution in [0.3, 0.4) is 0 Å². The summed E-state index contributed by atoms with van der Waals surface area (Å²) in [5.41, 5.74) is 15.4. The van der Waals surface area contributed by atoms with Crippen molar-refractivity contribution in [2.45, 2.75) is 0 Å². The van der Waals surface area contributed by atoms with Crippen LogP contribution in [0.4, 0.5) is 0 Å². The van der Waals surface area contributed by atoms with Crippen LogP contribution in [-0.4, -0.2) is 28.2 Å². The van der Waals surface area contributed by atoms with Crippen molar-refractivity contribution in [3.05, 3.63) is 243 Å². The van der Waals surface area contributed by atoms with Crippen LogP contribution in [0.1, 0.15) is 0 Å². The summed E-state index contributed by atoms with van der Waals surface area (Å²) in [6.07, 6.45) is 0. The number of benzene rings is 9. The summed E-state index contributed by atoms with van der Waals surface area (Å²) in [6.45, 7) is 0. The monoisotopic (exact) mass is 892 g/mol. The molecule has 15 aromatic rings. The Morgan fingerprint density at radius 2 is 0.671 bits per heavy atom. The van der Waals surface area contributed by atoms with Gasteiger partial charge in [-0.05, 0) is 84.9 Å². The first-order valence-corrected chi connectivity index (χ1v) is 23.8. The normalized spacial score (nSPS) is 12.0. The Hall–Kier alpha value is -9.52. The van der Waals surface area contributed by atoms with E-state index in [4.69, 9.17) is 9.97 Å². The van der Waals surface area contributed by atoms with E-state index in [-0.39, 0.29) is 0 Å². The Balaban J connectivity index is 0.967. The maximum atomic E-state index is 5.30. The van der Waals surface area contributed by atoms with Gasteiger partial charge in [-0.15, -0.1) is 0 Å². The minimum Gasteiger partial charge on any atom is -0.309 e. The zero-order chi connectivity index (χ0) is 45.9. The van der Waals surface area contributed by atoms with E-state index in [1.54, 1.807) is 0 Å². The SMILES string of the molecule is c1ccc(-c2cccc(-n3c4ccccc4c4cc5c(cc43)c3ccccc3n5-c3cccc(-n4c5ccccc5c5ccc6c(c7ccccc7n6-c6cccc(-c7ccccc7)n6)c54)c3)n2)cc1. The van der Waals surface area contributed by atoms with Gasteiger partial charge in [-0.25, -0.2) is 9.97 Å². The number of hydrogen-bond acceptors (Lipinski definition) is 2. The number of para-hydroxylation sites is 4. The second-order valence-corrected chi connectivity index (χ2v) is 18.2. The number of pyridine rings is 2. The highest BCUT2D eigenvalue weighted by Crippen LogP contribution is 2.44. The molecule has 0 radical (unpaired) electrons. The van der Waals surface area contributed by atoms with Crippen molar-refractivity contribution >= 4 is 87.2 Å². The minimum absolute atomic E-state index is 0.886. The lowest BCUT2D eigenvalue weighted by Gasteiger charge is -2.14. The molecular formula is C64H40N6. The van der Waals surface area contributed by atoms with Crippen LogP contribution in [0, 0.1) is 0 Å². The second-order valence-electron chi connectivity index (χ2n) is 18.2. The highest BCUT2D eigenvalue weighted by Gasteiger charge is 2.23. The molecule has 0 saturated carbocycles. The van der Waals surface area contributed by atoms with Crippen LogP contribution < -0.4 is 0 Å². The zero-order valence-electron chi connectivity index (χ0n) is 37.8. The van der Waals surface area contributed by atoms with Crippen molar-refractivity contribution in [2.75, 3.05) is 0 Å². The van der Waals surface area contributed by atoms with Crippen LogP contribution in [0.5, 0.6) is 0 Å². The van der Waals surface area contributed by atoms with Crippen LogP contribution in [-0.2, 0) is 0 Å². The quantitative estimate of drug-likeness (QED) is 0.167. The van der Waals surface area contributed by atoms with Gasteiger partial charge in [0, 0.05) is 65.6 Å². The van der Waals surface area contributed by atoms with Crippen molar-refractivity contribution in [3.63, 3.8) is 0 Å². The molecule has 6 nitrogen and oxygen atoms in total. The van der Waals surface area contributed by atoms with E-state index in [2.05, 4.69) is 249 Å². The van der Waals surface area contributed by atoms with Crippen LogP contribution in [0.25, 0.3) is 133 Å². The molecule has 0 N–H and O–H groups in total. The summed E-state index contributed by atoms with van der Waals surface area (Å²) in [4.78, 5) is 10.6. The fraction of sp³-hybridized carbons (Fsp3) is 0. The zero-order valence-corrected chi connectivity index (χ0v) is 37.8. The van der Waals surface area contributed by atoms with E-state index < -0.39 is 0 Å². The highest BCUT2D eigenvalue weighted by molar-refractivity contribution is 6.26. The van der Waals surface area contributed by atoms with Gasteiger partial charge in [0.15, 0.2) is 0 Å². The minimum atomic E-state index is 0.886. The molecule has 0 aliphatic rings. The lowest BCUT2D eigenvalue weighted by atomic mass is 10.1. The first kappa shape index (κ1) is 38.6. The van der Waals surface area contributed by atoms with Crippen LogP contribution >= 0.6 is 0 Å². The maximum Gasteiger partial charge on any atom is 0.138 e. The lowest BCUT2D eigenvalue weighted by molar-refractivity contribution is 1.08. The van der Waals surface area contributed by atoms with Gasteiger partial charge in [0.1, 0.15) is 11.6 Å². The van der Waals surface area contributed by atoms with E-state index in [1.165, 1.54) is 48.6 Å². The summed E-state index contributed by atoms with van der Waals surface area (Å²) >= 11 is 0. The highest BCUT2D eigenvalue weighted by atomic mass is 15.1. The van der Waals surface area contributed by atoms with E-state index in [0.29, 0.717) is 0 Å². The van der Waals surface area contributed by atoms with Gasteiger partial charge in [0.25, 0.3) is 0 Å². The number of rotatable bonds is 6. The van der Waals surface area contributed by atoms with Crippen molar-refractivity contribution in [1.29, 1.82) is 0 Å². The van der Waals surface area contributed by atoms with Crippen molar-refractivity contribution in [1.82, 2.24) is 28.2 Å². The first-order valence-electron chi connectivity index (χ1n) is 23.8. The Morgan fingerprint density at radius 1 is 0.243 bits per heavy atom. The molecule has 6 aromatic heterocycles. The molecule has 70 heavy (non-hydrogen) atoms. The van der Waals surface area contributed by atoms with E-state index >= 15 is 0 Å². The van der Waals surface area contributed by atoms with Gasteiger partial charge in [-0.2, -0.15) is 0 Å². The molecule has 0 bridgehead atoms. The summed E-state index contributed by atoms with van der Waals surface area (Å²) in [6, 6.07) is 87.1. The predicted octanol–water partition coefficient (Wildman–Crippen LogP) is 16.2. The summed E-state index contributed by atoms with van der Waals surface area (Å²) in [5.74, 6) is 1.78. The molecule has 0 saturated heterocycles. The molecule has 0 aliphatic carbocycles. The van der Waals surface area contributed by atoms with Crippen molar-refractivity contribution < 1.29 is 0 Å². The fourth-order valence-electron chi connectivity index (χ4n) is 11.4. The van der Waals surface area contributed by atoms with Crippen LogP contribution in [0.15, 0.2) is 243 Å². The molecule has 0 amide bonds. The molecule has 6 heterocycles. The van der Waals surface area contributed by atoms with Crippen molar-refractivity contribution in [3.8, 4) is 45.5 Å². The maximum absolute atomic E-state index is 5.30. The Kier molecular flexibility index (Phi) is 8.26. The molecule has 0 aliphatic heterocycles. The molecule has 0 atom stereocenters. The molecule has 326 valence electrons. The van der Waals surface area contributed by atoms with Gasteiger partial charge in [-0.3, -0.25) is 9.13 Å². The smallest absolute Gasteiger partial charge is 0.138 e. The molecular weight excluding hydrogens is 853 g/mol. The van der Waals surface area contributed by atoms with Gasteiger partial charge >= 0.3 is 0 Å². The van der Waals surface area contributed by atoms with Crippen molar-refractivity contribution in [2.24, 2.45) is 0 Å². The van der Waals surface area contributed by atoms with Gasteiger partial charge in [0.2, 0.25) is 0 Å². The van der Waals surface area contributed by atoms with E-state index in [1.807, 2.05) is 12.1 Å². The number of aromatic nitrogens is 6. The Bertz CT molecular complexity index is 4590.